The third kappa shape index (κ3) is 51.1. The molecule has 0 heterocycles. The summed E-state index contributed by atoms with van der Waals surface area (Å²) in [5.41, 5.74) is 0. The summed E-state index contributed by atoms with van der Waals surface area (Å²) in [4.78, 5) is 38.1. The maximum Gasteiger partial charge on any atom is 0.306 e. The summed E-state index contributed by atoms with van der Waals surface area (Å²) in [7, 11) is 0. The zero-order valence-electron chi connectivity index (χ0n) is 43.3. The molecule has 1 atom stereocenters. The van der Waals surface area contributed by atoms with Crippen molar-refractivity contribution in [3.8, 4) is 0 Å². The minimum Gasteiger partial charge on any atom is -0.462 e. The molecule has 0 aromatic rings. The van der Waals surface area contributed by atoms with Crippen LogP contribution in [0.5, 0.6) is 0 Å². The van der Waals surface area contributed by atoms with Gasteiger partial charge in [0, 0.05) is 19.3 Å². The van der Waals surface area contributed by atoms with Crippen molar-refractivity contribution in [1.82, 2.24) is 0 Å². The Kier molecular flexibility index (Phi) is 52.2. The molecule has 0 aromatic carbocycles. The lowest BCUT2D eigenvalue weighted by atomic mass is 10.0. The fourth-order valence-corrected chi connectivity index (χ4v) is 8.66. The Morgan fingerprint density at radius 2 is 0.531 bits per heavy atom. The molecule has 0 rings (SSSR count). The second-order valence-corrected chi connectivity index (χ2v) is 19.6. The first-order valence-electron chi connectivity index (χ1n) is 28.7. The van der Waals surface area contributed by atoms with E-state index in [-0.39, 0.29) is 31.1 Å². The van der Waals surface area contributed by atoms with E-state index >= 15 is 0 Å². The van der Waals surface area contributed by atoms with Gasteiger partial charge in [-0.1, -0.05) is 277 Å². The van der Waals surface area contributed by atoms with Gasteiger partial charge >= 0.3 is 17.9 Å². The van der Waals surface area contributed by atoms with Crippen molar-refractivity contribution in [1.29, 1.82) is 0 Å². The number of hydrogen-bond donors (Lipinski definition) is 0. The monoisotopic (exact) mass is 903 g/mol. The smallest absolute Gasteiger partial charge is 0.306 e. The summed E-state index contributed by atoms with van der Waals surface area (Å²) < 4.78 is 16.8. The predicted molar refractivity (Wildman–Crippen MR) is 275 cm³/mol. The molecule has 0 bridgehead atoms. The highest BCUT2D eigenvalue weighted by Crippen LogP contribution is 2.17. The lowest BCUT2D eigenvalue weighted by molar-refractivity contribution is -0.167. The molecule has 0 saturated heterocycles. The Hall–Kier alpha value is -1.85. The molecule has 0 aliphatic carbocycles. The second-order valence-electron chi connectivity index (χ2n) is 19.6. The van der Waals surface area contributed by atoms with Gasteiger partial charge in [-0.2, -0.15) is 0 Å². The summed E-state index contributed by atoms with van der Waals surface area (Å²) >= 11 is 0. The van der Waals surface area contributed by atoms with Crippen LogP contribution in [0.4, 0.5) is 0 Å². The number of esters is 3. The van der Waals surface area contributed by atoms with Crippen LogP contribution in [0.25, 0.3) is 0 Å². The minimum absolute atomic E-state index is 0.0667. The molecule has 64 heavy (non-hydrogen) atoms. The van der Waals surface area contributed by atoms with E-state index in [4.69, 9.17) is 14.2 Å². The quantitative estimate of drug-likeness (QED) is 0.0262. The molecule has 0 fully saturated rings. The van der Waals surface area contributed by atoms with Gasteiger partial charge in [0.1, 0.15) is 13.2 Å². The third-order valence-electron chi connectivity index (χ3n) is 13.0. The normalized spacial score (nSPS) is 12.0. The molecule has 0 radical (unpaired) electrons. The van der Waals surface area contributed by atoms with E-state index in [0.29, 0.717) is 19.3 Å². The highest BCUT2D eigenvalue weighted by molar-refractivity contribution is 5.71. The Labute approximate surface area is 399 Å². The number of rotatable bonds is 53. The Morgan fingerprint density at radius 1 is 0.297 bits per heavy atom. The number of carbonyl (C=O) groups excluding carboxylic acids is 3. The van der Waals surface area contributed by atoms with Crippen molar-refractivity contribution in [3.05, 3.63) is 12.2 Å². The lowest BCUT2D eigenvalue weighted by Gasteiger charge is -2.18. The average molecular weight is 904 g/mol. The largest absolute Gasteiger partial charge is 0.462 e. The molecule has 6 heteroatoms. The van der Waals surface area contributed by atoms with Gasteiger partial charge in [0.2, 0.25) is 0 Å². The highest BCUT2D eigenvalue weighted by Gasteiger charge is 2.19. The second kappa shape index (κ2) is 53.8. The summed E-state index contributed by atoms with van der Waals surface area (Å²) in [5.74, 6) is -0.854. The average Bonchev–Trinajstić information content (AvgIpc) is 3.29. The van der Waals surface area contributed by atoms with Crippen LogP contribution in [-0.2, 0) is 28.6 Å². The summed E-state index contributed by atoms with van der Waals surface area (Å²) in [6, 6.07) is 0. The molecule has 6 nitrogen and oxygen atoms in total. The van der Waals surface area contributed by atoms with Crippen molar-refractivity contribution in [2.75, 3.05) is 13.2 Å². The van der Waals surface area contributed by atoms with Crippen LogP contribution in [-0.4, -0.2) is 37.2 Å². The van der Waals surface area contributed by atoms with Crippen molar-refractivity contribution in [3.63, 3.8) is 0 Å². The number of ether oxygens (including phenoxy) is 3. The summed E-state index contributed by atoms with van der Waals surface area (Å²) in [5, 5.41) is 0. The van der Waals surface area contributed by atoms with Crippen molar-refractivity contribution in [2.24, 2.45) is 0 Å². The summed E-state index contributed by atoms with van der Waals surface area (Å²) in [6.45, 7) is 6.65. The van der Waals surface area contributed by atoms with Crippen molar-refractivity contribution >= 4 is 17.9 Å². The molecule has 0 N–H and O–H groups in total. The standard InChI is InChI=1S/C58H110O6/c1-4-7-10-13-16-19-22-24-26-27-28-29-30-32-33-36-39-42-45-48-51-57(60)63-54-55(53-62-56(59)50-47-44-41-38-35-21-18-15-12-9-6-3)64-58(61)52-49-46-43-40-37-34-31-25-23-20-17-14-11-8-5-2/h15,18,55H,4-14,16-17,19-54H2,1-3H3/b18-15-. The van der Waals surface area contributed by atoms with E-state index in [0.717, 1.165) is 64.2 Å². The molecule has 0 amide bonds. The Bertz CT molecular complexity index is 993. The van der Waals surface area contributed by atoms with E-state index < -0.39 is 6.10 Å². The Morgan fingerprint density at radius 3 is 0.828 bits per heavy atom. The Balaban J connectivity index is 4.24. The number of allylic oxidation sites excluding steroid dienone is 2. The third-order valence-corrected chi connectivity index (χ3v) is 13.0. The molecule has 0 aliphatic heterocycles. The van der Waals surface area contributed by atoms with E-state index in [9.17, 15) is 14.4 Å². The predicted octanol–water partition coefficient (Wildman–Crippen LogP) is 18.9. The maximum absolute atomic E-state index is 12.8. The van der Waals surface area contributed by atoms with Crippen LogP contribution < -0.4 is 0 Å². The number of unbranched alkanes of at least 4 members (excludes halogenated alkanes) is 40. The molecule has 0 aliphatic rings. The lowest BCUT2D eigenvalue weighted by Crippen LogP contribution is -2.30. The van der Waals surface area contributed by atoms with Gasteiger partial charge in [0.25, 0.3) is 0 Å². The fraction of sp³-hybridized carbons (Fsp3) is 0.914. The zero-order chi connectivity index (χ0) is 46.5. The van der Waals surface area contributed by atoms with Crippen molar-refractivity contribution in [2.45, 2.75) is 329 Å². The number of carbonyl (C=O) groups is 3. The SMILES string of the molecule is CCCC/C=C\CCCCCCCC(=O)OCC(COC(=O)CCCCCCCCCCCCCCCCCCCCCC)OC(=O)CCCCCCCCCCCCCCCCC. The van der Waals surface area contributed by atoms with Crippen LogP contribution in [0.2, 0.25) is 0 Å². The van der Waals surface area contributed by atoms with Gasteiger partial charge in [-0.15, -0.1) is 0 Å². The van der Waals surface area contributed by atoms with Crippen LogP contribution in [0.15, 0.2) is 12.2 Å². The van der Waals surface area contributed by atoms with Crippen LogP contribution in [0.3, 0.4) is 0 Å². The van der Waals surface area contributed by atoms with Crippen LogP contribution in [0, 0.1) is 0 Å². The van der Waals surface area contributed by atoms with Gasteiger partial charge in [-0.3, -0.25) is 14.4 Å². The molecular weight excluding hydrogens is 793 g/mol. The first kappa shape index (κ1) is 62.1. The van der Waals surface area contributed by atoms with Crippen molar-refractivity contribution < 1.29 is 28.6 Å². The topological polar surface area (TPSA) is 78.9 Å². The summed E-state index contributed by atoms with van der Waals surface area (Å²) in [6.07, 6.45) is 60.6. The molecule has 1 unspecified atom stereocenters. The van der Waals surface area contributed by atoms with Gasteiger partial charge in [-0.25, -0.2) is 0 Å². The van der Waals surface area contributed by atoms with E-state index in [1.807, 2.05) is 0 Å². The first-order valence-corrected chi connectivity index (χ1v) is 28.7. The number of hydrogen-bond acceptors (Lipinski definition) is 6. The van der Waals surface area contributed by atoms with Gasteiger partial charge in [0.05, 0.1) is 0 Å². The van der Waals surface area contributed by atoms with Crippen LogP contribution >= 0.6 is 0 Å². The fourth-order valence-electron chi connectivity index (χ4n) is 8.66. The maximum atomic E-state index is 12.8. The molecule has 0 spiro atoms. The van der Waals surface area contributed by atoms with Gasteiger partial charge in [-0.05, 0) is 38.5 Å². The van der Waals surface area contributed by atoms with Gasteiger partial charge < -0.3 is 14.2 Å². The van der Waals surface area contributed by atoms with E-state index in [1.165, 1.54) is 218 Å². The van der Waals surface area contributed by atoms with Gasteiger partial charge in [0.15, 0.2) is 6.10 Å². The molecular formula is C58H110O6. The molecule has 378 valence electrons. The van der Waals surface area contributed by atoms with E-state index in [2.05, 4.69) is 32.9 Å². The molecule has 0 saturated carbocycles. The minimum atomic E-state index is -0.767. The molecule has 0 aromatic heterocycles. The zero-order valence-corrected chi connectivity index (χ0v) is 43.3. The first-order chi connectivity index (χ1) is 31.5. The van der Waals surface area contributed by atoms with E-state index in [1.54, 1.807) is 0 Å². The highest BCUT2D eigenvalue weighted by atomic mass is 16.6. The van der Waals surface area contributed by atoms with Crippen LogP contribution in [0.1, 0.15) is 323 Å².